The summed E-state index contributed by atoms with van der Waals surface area (Å²) in [7, 11) is 1.42. The highest BCUT2D eigenvalue weighted by atomic mass is 19.1. The lowest BCUT2D eigenvalue weighted by molar-refractivity contribution is -0.0153. The van der Waals surface area contributed by atoms with Crippen molar-refractivity contribution in [1.82, 2.24) is 4.90 Å². The maximum absolute atomic E-state index is 13.8. The van der Waals surface area contributed by atoms with E-state index in [1.807, 2.05) is 0 Å². The summed E-state index contributed by atoms with van der Waals surface area (Å²) in [5, 5.41) is 10.0. The van der Waals surface area contributed by atoms with Crippen LogP contribution < -0.4 is 4.74 Å². The number of nitrogens with zero attached hydrogens (tertiary/aromatic N) is 1. The Morgan fingerprint density at radius 3 is 2.95 bits per heavy atom. The van der Waals surface area contributed by atoms with Gasteiger partial charge >= 0.3 is 0 Å². The molecule has 0 aromatic heterocycles. The van der Waals surface area contributed by atoms with Crippen LogP contribution in [0.1, 0.15) is 36.5 Å². The van der Waals surface area contributed by atoms with E-state index in [1.165, 1.54) is 19.2 Å². The van der Waals surface area contributed by atoms with Crippen LogP contribution in [-0.2, 0) is 0 Å². The fraction of sp³-hybridized carbons (Fsp3) is 0.562. The number of aliphatic hydroxyl groups is 1. The minimum Gasteiger partial charge on any atom is -0.496 e. The van der Waals surface area contributed by atoms with Crippen LogP contribution in [0.15, 0.2) is 18.2 Å². The molecule has 21 heavy (non-hydrogen) atoms. The standard InChI is InChI=1S/C16H22FNO3/c1-16(20)8-4-9-18(11-16)10-7-13(19)15-12(17)5-3-6-14(15)21-2/h3,5-6,20H,4,7-11H2,1-2H3. The first-order valence-corrected chi connectivity index (χ1v) is 7.23. The number of hydrogen-bond acceptors (Lipinski definition) is 4. The quantitative estimate of drug-likeness (QED) is 0.847. The van der Waals surface area contributed by atoms with Crippen LogP contribution in [0.3, 0.4) is 0 Å². The van der Waals surface area contributed by atoms with E-state index in [1.54, 1.807) is 13.0 Å². The topological polar surface area (TPSA) is 49.8 Å². The second-order valence-corrected chi connectivity index (χ2v) is 5.87. The van der Waals surface area contributed by atoms with Gasteiger partial charge in [-0.3, -0.25) is 4.79 Å². The molecule has 1 unspecified atom stereocenters. The lowest BCUT2D eigenvalue weighted by atomic mass is 9.95. The minimum atomic E-state index is -0.697. The van der Waals surface area contributed by atoms with E-state index < -0.39 is 11.4 Å². The summed E-state index contributed by atoms with van der Waals surface area (Å²) in [6.07, 6.45) is 1.90. The van der Waals surface area contributed by atoms with Gasteiger partial charge in [-0.05, 0) is 38.4 Å². The van der Waals surface area contributed by atoms with Gasteiger partial charge in [0.2, 0.25) is 0 Å². The fourth-order valence-electron chi connectivity index (χ4n) is 2.84. The minimum absolute atomic E-state index is 0.0174. The van der Waals surface area contributed by atoms with Crippen molar-refractivity contribution >= 4 is 5.78 Å². The van der Waals surface area contributed by atoms with Gasteiger partial charge in [-0.2, -0.15) is 0 Å². The van der Waals surface area contributed by atoms with Crippen molar-refractivity contribution in [2.24, 2.45) is 0 Å². The number of hydrogen-bond donors (Lipinski definition) is 1. The van der Waals surface area contributed by atoms with E-state index in [9.17, 15) is 14.3 Å². The number of carbonyl (C=O) groups excluding carboxylic acids is 1. The first-order valence-electron chi connectivity index (χ1n) is 7.23. The van der Waals surface area contributed by atoms with Crippen molar-refractivity contribution in [1.29, 1.82) is 0 Å². The molecule has 1 atom stereocenters. The zero-order chi connectivity index (χ0) is 15.5. The highest BCUT2D eigenvalue weighted by Crippen LogP contribution is 2.24. The number of benzene rings is 1. The summed E-state index contributed by atoms with van der Waals surface area (Å²) in [6.45, 7) is 3.74. The van der Waals surface area contributed by atoms with Gasteiger partial charge in [0.25, 0.3) is 0 Å². The number of methoxy groups -OCH3 is 1. The lowest BCUT2D eigenvalue weighted by Crippen LogP contribution is -2.46. The second kappa shape index (κ2) is 6.54. The van der Waals surface area contributed by atoms with Gasteiger partial charge in [0.15, 0.2) is 5.78 Å². The predicted molar refractivity (Wildman–Crippen MR) is 78.2 cm³/mol. The number of piperidine rings is 1. The zero-order valence-corrected chi connectivity index (χ0v) is 12.6. The van der Waals surface area contributed by atoms with Gasteiger partial charge in [-0.1, -0.05) is 6.07 Å². The Morgan fingerprint density at radius 2 is 2.29 bits per heavy atom. The molecule has 0 spiro atoms. The summed E-state index contributed by atoms with van der Waals surface area (Å²) in [5.74, 6) is -0.550. The Hall–Kier alpha value is -1.46. The molecule has 1 heterocycles. The molecule has 1 aliphatic heterocycles. The summed E-state index contributed by atoms with van der Waals surface area (Å²) in [5.41, 5.74) is -0.680. The van der Waals surface area contributed by atoms with E-state index >= 15 is 0 Å². The molecule has 0 saturated carbocycles. The van der Waals surface area contributed by atoms with Crippen LogP contribution >= 0.6 is 0 Å². The first kappa shape index (κ1) is 15.9. The van der Waals surface area contributed by atoms with E-state index in [4.69, 9.17) is 4.74 Å². The molecule has 4 nitrogen and oxygen atoms in total. The number of likely N-dealkylation sites (tertiary alicyclic amines) is 1. The monoisotopic (exact) mass is 295 g/mol. The fourth-order valence-corrected chi connectivity index (χ4v) is 2.84. The Morgan fingerprint density at radius 1 is 1.52 bits per heavy atom. The third-order valence-corrected chi connectivity index (χ3v) is 3.88. The van der Waals surface area contributed by atoms with Gasteiger partial charge in [0.05, 0.1) is 18.3 Å². The number of Topliss-reactive ketones (excluding diaryl/α,β-unsaturated/α-hetero) is 1. The molecule has 0 radical (unpaired) electrons. The molecule has 1 aromatic carbocycles. The molecule has 0 amide bonds. The van der Waals surface area contributed by atoms with Crippen LogP contribution in [0.2, 0.25) is 0 Å². The van der Waals surface area contributed by atoms with E-state index in [0.29, 0.717) is 13.1 Å². The van der Waals surface area contributed by atoms with Crippen molar-refractivity contribution in [2.45, 2.75) is 31.8 Å². The van der Waals surface area contributed by atoms with Crippen molar-refractivity contribution in [2.75, 3.05) is 26.7 Å². The van der Waals surface area contributed by atoms with Gasteiger partial charge in [-0.25, -0.2) is 4.39 Å². The number of ether oxygens (including phenoxy) is 1. The smallest absolute Gasteiger partial charge is 0.170 e. The highest BCUT2D eigenvalue weighted by molar-refractivity contribution is 5.99. The average molecular weight is 295 g/mol. The van der Waals surface area contributed by atoms with Crippen LogP contribution in [0.4, 0.5) is 4.39 Å². The molecule has 0 bridgehead atoms. The van der Waals surface area contributed by atoms with Crippen molar-refractivity contribution in [3.8, 4) is 5.75 Å². The first-order chi connectivity index (χ1) is 9.93. The summed E-state index contributed by atoms with van der Waals surface area (Å²) in [4.78, 5) is 14.3. The van der Waals surface area contributed by atoms with Crippen LogP contribution in [0.5, 0.6) is 5.75 Å². The Labute approximate surface area is 124 Å². The maximum atomic E-state index is 13.8. The Balaban J connectivity index is 1.99. The van der Waals surface area contributed by atoms with Gasteiger partial charge < -0.3 is 14.7 Å². The molecule has 1 aliphatic rings. The number of halogens is 1. The molecular weight excluding hydrogens is 273 g/mol. The second-order valence-electron chi connectivity index (χ2n) is 5.87. The maximum Gasteiger partial charge on any atom is 0.170 e. The zero-order valence-electron chi connectivity index (χ0n) is 12.6. The summed E-state index contributed by atoms with van der Waals surface area (Å²) in [6, 6.07) is 4.37. The molecule has 5 heteroatoms. The molecule has 2 rings (SSSR count). The molecular formula is C16H22FNO3. The van der Waals surface area contributed by atoms with Crippen LogP contribution in [0, 0.1) is 5.82 Å². The molecule has 1 N–H and O–H groups in total. The number of β-amino-alcohol motifs (C(OH)–C–C–N with tert-alkyl or cyclic N) is 1. The molecule has 1 aromatic rings. The van der Waals surface area contributed by atoms with E-state index in [0.717, 1.165) is 19.4 Å². The molecule has 116 valence electrons. The highest BCUT2D eigenvalue weighted by Gasteiger charge is 2.28. The number of rotatable bonds is 5. The van der Waals surface area contributed by atoms with Gasteiger partial charge in [0.1, 0.15) is 11.6 Å². The summed E-state index contributed by atoms with van der Waals surface area (Å²) >= 11 is 0. The molecule has 0 aliphatic carbocycles. The van der Waals surface area contributed by atoms with Crippen molar-refractivity contribution < 1.29 is 19.0 Å². The van der Waals surface area contributed by atoms with Gasteiger partial charge in [-0.15, -0.1) is 0 Å². The number of ketones is 1. The van der Waals surface area contributed by atoms with E-state index in [2.05, 4.69) is 4.90 Å². The molecule has 1 fully saturated rings. The average Bonchev–Trinajstić information content (AvgIpc) is 2.43. The molecule has 1 saturated heterocycles. The van der Waals surface area contributed by atoms with Crippen LogP contribution in [-0.4, -0.2) is 48.1 Å². The van der Waals surface area contributed by atoms with Gasteiger partial charge in [0, 0.05) is 19.5 Å². The summed E-state index contributed by atoms with van der Waals surface area (Å²) < 4.78 is 18.9. The largest absolute Gasteiger partial charge is 0.496 e. The SMILES string of the molecule is COc1cccc(F)c1C(=O)CCN1CCCC(C)(O)C1. The Kier molecular flexibility index (Phi) is 4.96. The Bertz CT molecular complexity index is 516. The third-order valence-electron chi connectivity index (χ3n) is 3.88. The van der Waals surface area contributed by atoms with Crippen molar-refractivity contribution in [3.63, 3.8) is 0 Å². The van der Waals surface area contributed by atoms with E-state index in [-0.39, 0.29) is 23.5 Å². The third kappa shape index (κ3) is 4.02. The number of carbonyl (C=O) groups is 1. The van der Waals surface area contributed by atoms with Crippen molar-refractivity contribution in [3.05, 3.63) is 29.6 Å². The normalized spacial score (nSPS) is 23.0. The predicted octanol–water partition coefficient (Wildman–Crippen LogP) is 2.25. The van der Waals surface area contributed by atoms with Crippen LogP contribution in [0.25, 0.3) is 0 Å². The lowest BCUT2D eigenvalue weighted by Gasteiger charge is -2.36.